The second-order valence-corrected chi connectivity index (χ2v) is 30.2. The number of rotatable bonds is 75. The zero-order chi connectivity index (χ0) is 70.5. The van der Waals surface area contributed by atoms with Gasteiger partial charge in [0.15, 0.2) is 12.2 Å². The van der Waals surface area contributed by atoms with Gasteiger partial charge in [0.2, 0.25) is 0 Å². The zero-order valence-corrected chi connectivity index (χ0v) is 63.8. The van der Waals surface area contributed by atoms with E-state index in [4.69, 9.17) is 37.0 Å². The lowest BCUT2D eigenvalue weighted by Crippen LogP contribution is -2.30. The number of esters is 4. The fourth-order valence-corrected chi connectivity index (χ4v) is 12.9. The first-order chi connectivity index (χ1) is 46.6. The van der Waals surface area contributed by atoms with E-state index in [9.17, 15) is 43.2 Å². The molecule has 0 radical (unpaired) electrons. The van der Waals surface area contributed by atoms with Gasteiger partial charge in [0.05, 0.1) is 26.4 Å². The highest BCUT2D eigenvalue weighted by atomic mass is 31.2. The van der Waals surface area contributed by atoms with Gasteiger partial charge in [0.1, 0.15) is 19.3 Å². The summed E-state index contributed by atoms with van der Waals surface area (Å²) in [5.41, 5.74) is 0. The van der Waals surface area contributed by atoms with Crippen LogP contribution < -0.4 is 0 Å². The summed E-state index contributed by atoms with van der Waals surface area (Å²) in [5.74, 6) is -1.31. The number of unbranched alkanes of at least 4 members (excludes halogenated alkanes) is 43. The molecule has 0 rings (SSSR count). The summed E-state index contributed by atoms with van der Waals surface area (Å²) in [6.45, 7) is 7.20. The van der Waals surface area contributed by atoms with E-state index in [2.05, 4.69) is 58.9 Å². The molecule has 0 heterocycles. The largest absolute Gasteiger partial charge is 0.472 e. The molecule has 6 atom stereocenters. The van der Waals surface area contributed by atoms with Crippen LogP contribution in [0.3, 0.4) is 0 Å². The molecule has 0 bridgehead atoms. The Kier molecular flexibility index (Phi) is 67.8. The standard InChI is InChI=1S/C77H146O17P2/c1-6-10-13-16-18-20-22-24-26-27-28-30-34-38-42-46-51-56-61-75(80)88-67-73(94-77(82)63-58-53-48-44-40-36-32-31-33-37-41-45-50-54-59-70(5)9-4)69-92-96(85,86)90-65-71(78)64-89-95(83,84)91-68-72(66-87-74(79)60-55-49-15-12-8-3)93-76(81)62-57-52-47-43-39-35-29-25-23-21-19-17-14-11-7-2/h21,23,25,29,70-73,78H,6-20,22,24,26-28,30-69H2,1-5H3,(H,83,84)(H,85,86)/b23-21-,29-25-/t70?,71-,72+,73+/m0/s1. The van der Waals surface area contributed by atoms with E-state index in [1.807, 2.05) is 0 Å². The predicted octanol–water partition coefficient (Wildman–Crippen LogP) is 22.4. The maximum Gasteiger partial charge on any atom is 0.472 e. The fourth-order valence-electron chi connectivity index (χ4n) is 11.3. The lowest BCUT2D eigenvalue weighted by Gasteiger charge is -2.21. The van der Waals surface area contributed by atoms with Crippen LogP contribution in [0.25, 0.3) is 0 Å². The molecule has 566 valence electrons. The molecule has 0 aliphatic rings. The van der Waals surface area contributed by atoms with E-state index < -0.39 is 97.5 Å². The molecule has 3 unspecified atom stereocenters. The fraction of sp³-hybridized carbons (Fsp3) is 0.896. The van der Waals surface area contributed by atoms with Crippen LogP contribution in [0.15, 0.2) is 24.3 Å². The van der Waals surface area contributed by atoms with E-state index in [1.54, 1.807) is 0 Å². The van der Waals surface area contributed by atoms with E-state index in [-0.39, 0.29) is 25.7 Å². The third-order valence-electron chi connectivity index (χ3n) is 17.8. The number of aliphatic hydroxyl groups excluding tert-OH is 1. The van der Waals surface area contributed by atoms with Crippen LogP contribution in [0.1, 0.15) is 381 Å². The molecule has 96 heavy (non-hydrogen) atoms. The van der Waals surface area contributed by atoms with Crippen LogP contribution in [0.2, 0.25) is 0 Å². The smallest absolute Gasteiger partial charge is 0.462 e. The van der Waals surface area contributed by atoms with Crippen molar-refractivity contribution in [1.29, 1.82) is 0 Å². The van der Waals surface area contributed by atoms with Crippen LogP contribution in [0.5, 0.6) is 0 Å². The maximum absolute atomic E-state index is 13.1. The Hall–Kier alpha value is -2.46. The van der Waals surface area contributed by atoms with Gasteiger partial charge in [0, 0.05) is 25.7 Å². The van der Waals surface area contributed by atoms with Crippen molar-refractivity contribution in [3.63, 3.8) is 0 Å². The first-order valence-electron chi connectivity index (χ1n) is 39.5. The number of hydrogen-bond acceptors (Lipinski definition) is 15. The Bertz CT molecular complexity index is 1940. The third-order valence-corrected chi connectivity index (χ3v) is 19.7. The summed E-state index contributed by atoms with van der Waals surface area (Å²) in [6, 6.07) is 0. The lowest BCUT2D eigenvalue weighted by molar-refractivity contribution is -0.161. The van der Waals surface area contributed by atoms with Gasteiger partial charge < -0.3 is 33.8 Å². The highest BCUT2D eigenvalue weighted by Crippen LogP contribution is 2.45. The number of aliphatic hydroxyl groups is 1. The summed E-state index contributed by atoms with van der Waals surface area (Å²) in [4.78, 5) is 72.5. The van der Waals surface area contributed by atoms with Crippen molar-refractivity contribution in [1.82, 2.24) is 0 Å². The minimum absolute atomic E-state index is 0.0844. The van der Waals surface area contributed by atoms with E-state index in [1.165, 1.54) is 186 Å². The van der Waals surface area contributed by atoms with E-state index >= 15 is 0 Å². The van der Waals surface area contributed by atoms with Crippen LogP contribution >= 0.6 is 15.6 Å². The van der Waals surface area contributed by atoms with Crippen molar-refractivity contribution in [2.45, 2.75) is 400 Å². The molecule has 17 nitrogen and oxygen atoms in total. The van der Waals surface area contributed by atoms with Crippen LogP contribution in [0.4, 0.5) is 0 Å². The molecule has 0 aromatic heterocycles. The zero-order valence-electron chi connectivity index (χ0n) is 62.0. The first kappa shape index (κ1) is 93.5. The second kappa shape index (κ2) is 69.6. The summed E-state index contributed by atoms with van der Waals surface area (Å²) in [7, 11) is -9.91. The normalized spacial score (nSPS) is 14.4. The number of phosphoric acid groups is 2. The average molecular weight is 1410 g/mol. The minimum Gasteiger partial charge on any atom is -0.462 e. The Morgan fingerprint density at radius 2 is 0.583 bits per heavy atom. The molecule has 0 aliphatic heterocycles. The molecular formula is C77H146O17P2. The van der Waals surface area contributed by atoms with Gasteiger partial charge >= 0.3 is 39.5 Å². The van der Waals surface area contributed by atoms with Crippen LogP contribution in [0, 0.1) is 5.92 Å². The lowest BCUT2D eigenvalue weighted by atomic mass is 9.99. The predicted molar refractivity (Wildman–Crippen MR) is 391 cm³/mol. The Morgan fingerprint density at radius 3 is 0.885 bits per heavy atom. The molecular weight excluding hydrogens is 1260 g/mol. The summed E-state index contributed by atoms with van der Waals surface area (Å²) < 4.78 is 68.3. The highest BCUT2D eigenvalue weighted by molar-refractivity contribution is 7.47. The van der Waals surface area contributed by atoms with Gasteiger partial charge in [-0.2, -0.15) is 0 Å². The van der Waals surface area contributed by atoms with Gasteiger partial charge in [-0.3, -0.25) is 37.3 Å². The highest BCUT2D eigenvalue weighted by Gasteiger charge is 2.30. The molecule has 0 aromatic carbocycles. The molecule has 19 heteroatoms. The van der Waals surface area contributed by atoms with Gasteiger partial charge in [-0.1, -0.05) is 329 Å². The maximum atomic E-state index is 13.1. The quantitative estimate of drug-likeness (QED) is 0.0169. The van der Waals surface area contributed by atoms with E-state index in [0.717, 1.165) is 115 Å². The molecule has 0 amide bonds. The van der Waals surface area contributed by atoms with Crippen LogP contribution in [-0.4, -0.2) is 96.7 Å². The Balaban J connectivity index is 5.17. The number of carbonyl (C=O) groups excluding carboxylic acids is 4. The average Bonchev–Trinajstić information content (AvgIpc) is 1.17. The molecule has 0 aromatic rings. The summed E-state index contributed by atoms with van der Waals surface area (Å²) in [6.07, 6.45) is 62.2. The SMILES string of the molecule is CCCCCC/C=C\C=C/CCCCCCCC(=O)O[C@H](COC(=O)CCCCCCC)COP(=O)(O)OC[C@H](O)COP(=O)(O)OC[C@@H](COC(=O)CCCCCCCCCCCCCCCCCCCC)OC(=O)CCCCCCCCCCCCCCCCC(C)CC. The molecule has 3 N–H and O–H groups in total. The van der Waals surface area contributed by atoms with Gasteiger partial charge in [-0.15, -0.1) is 0 Å². The first-order valence-corrected chi connectivity index (χ1v) is 42.5. The number of carbonyl (C=O) groups is 4. The van der Waals surface area contributed by atoms with Gasteiger partial charge in [0.25, 0.3) is 0 Å². The molecule has 0 saturated carbocycles. The van der Waals surface area contributed by atoms with Crippen LogP contribution in [-0.2, 0) is 65.4 Å². The Labute approximate surface area is 586 Å². The number of allylic oxidation sites excluding steroid dienone is 4. The summed E-state index contributed by atoms with van der Waals surface area (Å²) >= 11 is 0. The third kappa shape index (κ3) is 68.7. The van der Waals surface area contributed by atoms with Crippen molar-refractivity contribution in [3.8, 4) is 0 Å². The molecule has 0 aliphatic carbocycles. The van der Waals surface area contributed by atoms with Gasteiger partial charge in [-0.05, 0) is 57.3 Å². The number of hydrogen-bond donors (Lipinski definition) is 3. The van der Waals surface area contributed by atoms with Crippen molar-refractivity contribution in [2.75, 3.05) is 39.6 Å². The molecule has 0 saturated heterocycles. The Morgan fingerprint density at radius 1 is 0.333 bits per heavy atom. The number of ether oxygens (including phenoxy) is 4. The molecule has 0 spiro atoms. The van der Waals surface area contributed by atoms with Crippen molar-refractivity contribution >= 4 is 39.5 Å². The van der Waals surface area contributed by atoms with Crippen molar-refractivity contribution < 1.29 is 80.2 Å². The second-order valence-electron chi connectivity index (χ2n) is 27.3. The topological polar surface area (TPSA) is 237 Å². The van der Waals surface area contributed by atoms with E-state index in [0.29, 0.717) is 25.7 Å². The summed E-state index contributed by atoms with van der Waals surface area (Å²) in [5, 5.41) is 10.6. The van der Waals surface area contributed by atoms with Crippen molar-refractivity contribution in [3.05, 3.63) is 24.3 Å². The molecule has 0 fully saturated rings. The minimum atomic E-state index is -4.96. The van der Waals surface area contributed by atoms with Crippen molar-refractivity contribution in [2.24, 2.45) is 5.92 Å². The monoisotopic (exact) mass is 1410 g/mol. The number of phosphoric ester groups is 2. The van der Waals surface area contributed by atoms with Gasteiger partial charge in [-0.25, -0.2) is 9.13 Å².